The molecule has 0 aliphatic carbocycles. The van der Waals surface area contributed by atoms with Gasteiger partial charge in [-0.1, -0.05) is 18.2 Å². The maximum Gasteiger partial charge on any atom is 0.240 e. The summed E-state index contributed by atoms with van der Waals surface area (Å²) >= 11 is 0. The quantitative estimate of drug-likeness (QED) is 0.709. The molecule has 0 aliphatic heterocycles. The molecule has 0 aliphatic rings. The molecule has 0 amide bonds. The van der Waals surface area contributed by atoms with Gasteiger partial charge in [-0.2, -0.15) is 4.98 Å². The third kappa shape index (κ3) is 1.72. The van der Waals surface area contributed by atoms with Crippen molar-refractivity contribution < 1.29 is 0 Å². The predicted octanol–water partition coefficient (Wildman–Crippen LogP) is 2.60. The molecule has 90 valence electrons. The minimum atomic E-state index is 0.298. The number of benzene rings is 1. The molecule has 0 radical (unpaired) electrons. The minimum absolute atomic E-state index is 0.298. The summed E-state index contributed by atoms with van der Waals surface area (Å²) in [5.74, 6) is 0.298. The van der Waals surface area contributed by atoms with Crippen LogP contribution in [0.3, 0.4) is 0 Å². The fourth-order valence-corrected chi connectivity index (χ4v) is 2.00. The molecule has 0 saturated heterocycles. The van der Waals surface area contributed by atoms with Crippen LogP contribution in [0.2, 0.25) is 0 Å². The Hall–Kier alpha value is -2.36. The first kappa shape index (κ1) is 10.8. The van der Waals surface area contributed by atoms with Crippen molar-refractivity contribution in [3.63, 3.8) is 0 Å². The Morgan fingerprint density at radius 3 is 2.56 bits per heavy atom. The van der Waals surface area contributed by atoms with Crippen LogP contribution in [0.1, 0.15) is 11.1 Å². The van der Waals surface area contributed by atoms with Crippen LogP contribution in [0.5, 0.6) is 0 Å². The van der Waals surface area contributed by atoms with Gasteiger partial charge in [-0.15, -0.1) is 5.10 Å². The van der Waals surface area contributed by atoms with E-state index in [1.54, 1.807) is 4.52 Å². The van der Waals surface area contributed by atoms with Gasteiger partial charge in [-0.25, -0.2) is 4.52 Å². The number of nitrogens with two attached hydrogens (primary N) is 1. The number of hydrogen-bond donors (Lipinski definition) is 1. The van der Waals surface area contributed by atoms with Crippen LogP contribution in [0, 0.1) is 13.8 Å². The summed E-state index contributed by atoms with van der Waals surface area (Å²) in [6.45, 7) is 4.23. The largest absolute Gasteiger partial charge is 0.366 e. The number of nitrogen functional groups attached to an aromatic ring is 1. The van der Waals surface area contributed by atoms with E-state index in [9.17, 15) is 0 Å². The summed E-state index contributed by atoms with van der Waals surface area (Å²) in [4.78, 5) is 4.17. The molecule has 3 aromatic rings. The number of nitrogens with zero attached hydrogens (tertiary/aromatic N) is 3. The zero-order valence-corrected chi connectivity index (χ0v) is 10.4. The van der Waals surface area contributed by atoms with Crippen LogP contribution in [0.15, 0.2) is 36.5 Å². The molecule has 4 heteroatoms. The molecule has 0 bridgehead atoms. The van der Waals surface area contributed by atoms with E-state index in [4.69, 9.17) is 5.73 Å². The van der Waals surface area contributed by atoms with Crippen LogP contribution in [0.25, 0.3) is 16.8 Å². The van der Waals surface area contributed by atoms with Crippen molar-refractivity contribution >= 4 is 11.6 Å². The standard InChI is InChI=1S/C14H14N4/c1-9-3-4-11(7-10(9)2)12-5-6-18-13(8-12)16-14(15)17-18/h3-8H,1-2H3,(H2,15,17). The lowest BCUT2D eigenvalue weighted by molar-refractivity contribution is 0.968. The average Bonchev–Trinajstić information content (AvgIpc) is 2.71. The van der Waals surface area contributed by atoms with Crippen LogP contribution in [-0.2, 0) is 0 Å². The fourth-order valence-electron chi connectivity index (χ4n) is 2.00. The highest BCUT2D eigenvalue weighted by Gasteiger charge is 2.04. The molecule has 0 unspecified atom stereocenters. The van der Waals surface area contributed by atoms with Crippen molar-refractivity contribution in [2.75, 3.05) is 5.73 Å². The molecule has 0 saturated carbocycles. The van der Waals surface area contributed by atoms with Crippen molar-refractivity contribution in [2.24, 2.45) is 0 Å². The van der Waals surface area contributed by atoms with Crippen molar-refractivity contribution in [3.05, 3.63) is 47.7 Å². The highest BCUT2D eigenvalue weighted by molar-refractivity contribution is 5.68. The molecule has 4 nitrogen and oxygen atoms in total. The lowest BCUT2D eigenvalue weighted by Crippen LogP contribution is -1.89. The zero-order valence-electron chi connectivity index (χ0n) is 10.4. The highest BCUT2D eigenvalue weighted by Crippen LogP contribution is 2.23. The molecule has 1 aromatic carbocycles. The van der Waals surface area contributed by atoms with E-state index in [0.29, 0.717) is 5.95 Å². The smallest absolute Gasteiger partial charge is 0.240 e. The minimum Gasteiger partial charge on any atom is -0.366 e. The van der Waals surface area contributed by atoms with Gasteiger partial charge < -0.3 is 5.73 Å². The summed E-state index contributed by atoms with van der Waals surface area (Å²) in [6.07, 6.45) is 1.88. The second kappa shape index (κ2) is 3.84. The van der Waals surface area contributed by atoms with Gasteiger partial charge in [-0.3, -0.25) is 0 Å². The average molecular weight is 238 g/mol. The molecule has 2 heterocycles. The first-order valence-electron chi connectivity index (χ1n) is 5.83. The Morgan fingerprint density at radius 1 is 1.00 bits per heavy atom. The van der Waals surface area contributed by atoms with Crippen LogP contribution in [-0.4, -0.2) is 14.6 Å². The number of hydrogen-bond acceptors (Lipinski definition) is 3. The normalized spacial score (nSPS) is 11.0. The number of pyridine rings is 1. The second-order valence-electron chi connectivity index (χ2n) is 4.49. The topological polar surface area (TPSA) is 56.2 Å². The van der Waals surface area contributed by atoms with Gasteiger partial charge in [0.1, 0.15) is 0 Å². The lowest BCUT2D eigenvalue weighted by Gasteiger charge is -2.05. The van der Waals surface area contributed by atoms with E-state index in [2.05, 4.69) is 42.1 Å². The van der Waals surface area contributed by atoms with Crippen LogP contribution >= 0.6 is 0 Å². The lowest BCUT2D eigenvalue weighted by atomic mass is 10.0. The third-order valence-corrected chi connectivity index (χ3v) is 3.19. The van der Waals surface area contributed by atoms with Crippen molar-refractivity contribution in [3.8, 4) is 11.1 Å². The van der Waals surface area contributed by atoms with Gasteiger partial charge in [0.15, 0.2) is 5.65 Å². The van der Waals surface area contributed by atoms with Crippen molar-refractivity contribution in [1.82, 2.24) is 14.6 Å². The number of anilines is 1. The van der Waals surface area contributed by atoms with Gasteiger partial charge in [0, 0.05) is 6.20 Å². The van der Waals surface area contributed by atoms with E-state index < -0.39 is 0 Å². The first-order chi connectivity index (χ1) is 8.63. The van der Waals surface area contributed by atoms with Crippen molar-refractivity contribution in [1.29, 1.82) is 0 Å². The van der Waals surface area contributed by atoms with Gasteiger partial charge in [0.2, 0.25) is 5.95 Å². The maximum atomic E-state index is 5.58. The van der Waals surface area contributed by atoms with E-state index >= 15 is 0 Å². The van der Waals surface area contributed by atoms with Gasteiger partial charge in [0.05, 0.1) is 0 Å². The van der Waals surface area contributed by atoms with E-state index in [0.717, 1.165) is 11.2 Å². The number of rotatable bonds is 1. The van der Waals surface area contributed by atoms with Gasteiger partial charge in [0.25, 0.3) is 0 Å². The second-order valence-corrected chi connectivity index (χ2v) is 4.49. The van der Waals surface area contributed by atoms with Gasteiger partial charge in [-0.05, 0) is 48.2 Å². The van der Waals surface area contributed by atoms with E-state index in [1.807, 2.05) is 18.3 Å². The zero-order chi connectivity index (χ0) is 12.7. The Labute approximate surface area is 105 Å². The van der Waals surface area contributed by atoms with Gasteiger partial charge >= 0.3 is 0 Å². The number of aryl methyl sites for hydroxylation is 2. The molecule has 3 rings (SSSR count). The van der Waals surface area contributed by atoms with E-state index in [-0.39, 0.29) is 0 Å². The van der Waals surface area contributed by atoms with Crippen molar-refractivity contribution in [2.45, 2.75) is 13.8 Å². The molecule has 2 N–H and O–H groups in total. The summed E-state index contributed by atoms with van der Waals surface area (Å²) in [6, 6.07) is 10.4. The molecular formula is C14H14N4. The molecule has 0 spiro atoms. The first-order valence-corrected chi connectivity index (χ1v) is 5.83. The molecule has 0 atom stereocenters. The Balaban J connectivity index is 2.15. The molecule has 0 fully saturated rings. The summed E-state index contributed by atoms with van der Waals surface area (Å²) in [5, 5.41) is 4.06. The Kier molecular flexibility index (Phi) is 2.30. The fraction of sp³-hybridized carbons (Fsp3) is 0.143. The molecular weight excluding hydrogens is 224 g/mol. The maximum absolute atomic E-state index is 5.58. The molecule has 2 aromatic heterocycles. The Bertz CT molecular complexity index is 728. The summed E-state index contributed by atoms with van der Waals surface area (Å²) < 4.78 is 1.68. The third-order valence-electron chi connectivity index (χ3n) is 3.19. The molecule has 18 heavy (non-hydrogen) atoms. The number of fused-ring (bicyclic) bond motifs is 1. The van der Waals surface area contributed by atoms with Crippen LogP contribution < -0.4 is 5.73 Å². The summed E-state index contributed by atoms with van der Waals surface area (Å²) in [5.41, 5.74) is 11.2. The van der Waals surface area contributed by atoms with E-state index in [1.165, 1.54) is 16.7 Å². The SMILES string of the molecule is Cc1ccc(-c2ccn3nc(N)nc3c2)cc1C. The Morgan fingerprint density at radius 2 is 1.78 bits per heavy atom. The highest BCUT2D eigenvalue weighted by atomic mass is 15.3. The monoisotopic (exact) mass is 238 g/mol. The summed E-state index contributed by atoms with van der Waals surface area (Å²) in [7, 11) is 0. The predicted molar refractivity (Wildman–Crippen MR) is 72.3 cm³/mol. The number of aromatic nitrogens is 3. The van der Waals surface area contributed by atoms with Crippen LogP contribution in [0.4, 0.5) is 5.95 Å².